The Morgan fingerprint density at radius 2 is 2.00 bits per heavy atom. The van der Waals surface area contributed by atoms with Crippen LogP contribution in [0.1, 0.15) is 15.9 Å². The summed E-state index contributed by atoms with van der Waals surface area (Å²) in [6.45, 7) is 0.631. The van der Waals surface area contributed by atoms with E-state index in [9.17, 15) is 4.79 Å². The Morgan fingerprint density at radius 3 is 2.67 bits per heavy atom. The lowest BCUT2D eigenvalue weighted by atomic mass is 10.1. The standard InChI is InChI=1S/C16H18N2O3/c1-21-9-8-11-4-2-3-5-14(11)18-15-7-6-12(16(19)20)10-13(15)17/h2-7,10,18H,8-9,17H2,1H3,(H,19,20). The summed E-state index contributed by atoms with van der Waals surface area (Å²) in [6, 6.07) is 12.5. The second kappa shape index (κ2) is 6.76. The number of carboxylic acids is 1. The number of rotatable bonds is 6. The number of nitrogen functional groups attached to an aromatic ring is 1. The summed E-state index contributed by atoms with van der Waals surface area (Å²) in [5.41, 5.74) is 9.21. The van der Waals surface area contributed by atoms with Gasteiger partial charge < -0.3 is 20.9 Å². The van der Waals surface area contributed by atoms with Crippen molar-refractivity contribution in [1.82, 2.24) is 0 Å². The molecular formula is C16H18N2O3. The first-order valence-electron chi connectivity index (χ1n) is 6.58. The van der Waals surface area contributed by atoms with Gasteiger partial charge in [0.1, 0.15) is 0 Å². The maximum absolute atomic E-state index is 10.9. The van der Waals surface area contributed by atoms with Gasteiger partial charge in [-0.25, -0.2) is 4.79 Å². The van der Waals surface area contributed by atoms with Crippen molar-refractivity contribution >= 4 is 23.0 Å². The number of carbonyl (C=O) groups is 1. The lowest BCUT2D eigenvalue weighted by Gasteiger charge is -2.14. The number of hydrogen-bond acceptors (Lipinski definition) is 4. The van der Waals surface area contributed by atoms with Crippen LogP contribution < -0.4 is 11.1 Å². The molecule has 0 amide bonds. The topological polar surface area (TPSA) is 84.6 Å². The number of benzene rings is 2. The smallest absolute Gasteiger partial charge is 0.335 e. The summed E-state index contributed by atoms with van der Waals surface area (Å²) in [5, 5.41) is 12.2. The first kappa shape index (κ1) is 14.9. The molecule has 0 aliphatic heterocycles. The average Bonchev–Trinajstić information content (AvgIpc) is 2.48. The van der Waals surface area contributed by atoms with Crippen molar-refractivity contribution in [2.75, 3.05) is 24.8 Å². The Kier molecular flexibility index (Phi) is 4.79. The molecule has 5 heteroatoms. The number of para-hydroxylation sites is 1. The van der Waals surface area contributed by atoms with E-state index in [0.717, 1.165) is 17.7 Å². The Bertz CT molecular complexity index is 641. The summed E-state index contributed by atoms with van der Waals surface area (Å²) in [6.07, 6.45) is 0.785. The van der Waals surface area contributed by atoms with Crippen LogP contribution in [0.4, 0.5) is 17.1 Å². The first-order valence-corrected chi connectivity index (χ1v) is 6.58. The highest BCUT2D eigenvalue weighted by molar-refractivity contribution is 5.91. The first-order chi connectivity index (χ1) is 10.1. The highest BCUT2D eigenvalue weighted by atomic mass is 16.5. The predicted molar refractivity (Wildman–Crippen MR) is 83.1 cm³/mol. The lowest BCUT2D eigenvalue weighted by molar-refractivity contribution is 0.0697. The van der Waals surface area contributed by atoms with E-state index in [0.29, 0.717) is 18.0 Å². The maximum Gasteiger partial charge on any atom is 0.335 e. The minimum Gasteiger partial charge on any atom is -0.478 e. The third-order valence-corrected chi connectivity index (χ3v) is 3.16. The molecule has 0 unspecified atom stereocenters. The molecule has 0 saturated heterocycles. The third kappa shape index (κ3) is 3.73. The van der Waals surface area contributed by atoms with E-state index >= 15 is 0 Å². The van der Waals surface area contributed by atoms with Crippen LogP contribution in [0.25, 0.3) is 0 Å². The minimum absolute atomic E-state index is 0.172. The number of nitrogens with one attached hydrogen (secondary N) is 1. The van der Waals surface area contributed by atoms with Crippen molar-refractivity contribution in [1.29, 1.82) is 0 Å². The summed E-state index contributed by atoms with van der Waals surface area (Å²) < 4.78 is 5.10. The van der Waals surface area contributed by atoms with Gasteiger partial charge in [0.2, 0.25) is 0 Å². The number of nitrogens with two attached hydrogens (primary N) is 1. The van der Waals surface area contributed by atoms with Gasteiger partial charge in [-0.2, -0.15) is 0 Å². The summed E-state index contributed by atoms with van der Waals surface area (Å²) in [7, 11) is 1.67. The van der Waals surface area contributed by atoms with Crippen molar-refractivity contribution in [2.24, 2.45) is 0 Å². The van der Waals surface area contributed by atoms with Crippen LogP contribution in [0.5, 0.6) is 0 Å². The van der Waals surface area contributed by atoms with Gasteiger partial charge in [-0.1, -0.05) is 18.2 Å². The van der Waals surface area contributed by atoms with E-state index in [4.69, 9.17) is 15.6 Å². The van der Waals surface area contributed by atoms with Crippen LogP contribution >= 0.6 is 0 Å². The van der Waals surface area contributed by atoms with Crippen LogP contribution in [0.3, 0.4) is 0 Å². The van der Waals surface area contributed by atoms with Gasteiger partial charge in [-0.3, -0.25) is 0 Å². The van der Waals surface area contributed by atoms with Gasteiger partial charge in [-0.05, 0) is 36.2 Å². The molecular weight excluding hydrogens is 268 g/mol. The fourth-order valence-corrected chi connectivity index (χ4v) is 2.03. The monoisotopic (exact) mass is 286 g/mol. The third-order valence-electron chi connectivity index (χ3n) is 3.16. The number of methoxy groups -OCH3 is 1. The van der Waals surface area contributed by atoms with Crippen LogP contribution in [-0.4, -0.2) is 24.8 Å². The van der Waals surface area contributed by atoms with Gasteiger partial charge in [-0.15, -0.1) is 0 Å². The minimum atomic E-state index is -0.992. The number of hydrogen-bond donors (Lipinski definition) is 3. The zero-order valence-electron chi connectivity index (χ0n) is 11.8. The fourth-order valence-electron chi connectivity index (χ4n) is 2.03. The number of aromatic carboxylic acids is 1. The summed E-state index contributed by atoms with van der Waals surface area (Å²) in [5.74, 6) is -0.992. The van der Waals surface area contributed by atoms with Gasteiger partial charge in [0.15, 0.2) is 0 Å². The maximum atomic E-state index is 10.9. The van der Waals surface area contributed by atoms with Gasteiger partial charge in [0.25, 0.3) is 0 Å². The normalized spacial score (nSPS) is 10.3. The van der Waals surface area contributed by atoms with E-state index < -0.39 is 5.97 Å². The molecule has 0 spiro atoms. The van der Waals surface area contributed by atoms with Gasteiger partial charge in [0, 0.05) is 12.8 Å². The lowest BCUT2D eigenvalue weighted by Crippen LogP contribution is -2.03. The van der Waals surface area contributed by atoms with Crippen molar-refractivity contribution in [3.8, 4) is 0 Å². The van der Waals surface area contributed by atoms with Crippen molar-refractivity contribution in [3.63, 3.8) is 0 Å². The van der Waals surface area contributed by atoms with Gasteiger partial charge >= 0.3 is 5.97 Å². The van der Waals surface area contributed by atoms with E-state index in [1.165, 1.54) is 12.1 Å². The highest BCUT2D eigenvalue weighted by Gasteiger charge is 2.08. The average molecular weight is 286 g/mol. The van der Waals surface area contributed by atoms with Crippen molar-refractivity contribution in [3.05, 3.63) is 53.6 Å². The molecule has 5 nitrogen and oxygen atoms in total. The molecule has 0 aliphatic rings. The van der Waals surface area contributed by atoms with Gasteiger partial charge in [0.05, 0.1) is 23.5 Å². The molecule has 2 rings (SSSR count). The number of anilines is 3. The Labute approximate surface area is 123 Å². The van der Waals surface area contributed by atoms with E-state index in [1.807, 2.05) is 24.3 Å². The molecule has 0 atom stereocenters. The molecule has 110 valence electrons. The molecule has 0 aliphatic carbocycles. The van der Waals surface area contributed by atoms with Crippen LogP contribution in [0, 0.1) is 0 Å². The van der Waals surface area contributed by atoms with E-state index in [1.54, 1.807) is 13.2 Å². The quantitative estimate of drug-likeness (QED) is 0.711. The molecule has 0 radical (unpaired) electrons. The highest BCUT2D eigenvalue weighted by Crippen LogP contribution is 2.26. The zero-order chi connectivity index (χ0) is 15.2. The summed E-state index contributed by atoms with van der Waals surface area (Å²) >= 11 is 0. The van der Waals surface area contributed by atoms with E-state index in [2.05, 4.69) is 5.32 Å². The second-order valence-electron chi connectivity index (χ2n) is 4.63. The fraction of sp³-hybridized carbons (Fsp3) is 0.188. The van der Waals surface area contributed by atoms with Crippen molar-refractivity contribution < 1.29 is 14.6 Å². The molecule has 2 aromatic carbocycles. The predicted octanol–water partition coefficient (Wildman–Crippen LogP) is 2.90. The number of ether oxygens (including phenoxy) is 1. The SMILES string of the molecule is COCCc1ccccc1Nc1ccc(C(=O)O)cc1N. The molecule has 4 N–H and O–H groups in total. The van der Waals surface area contributed by atoms with Crippen molar-refractivity contribution in [2.45, 2.75) is 6.42 Å². The van der Waals surface area contributed by atoms with Crippen LogP contribution in [0.2, 0.25) is 0 Å². The number of carboxylic acid groups (broad SMARTS) is 1. The molecule has 0 aromatic heterocycles. The van der Waals surface area contributed by atoms with Crippen LogP contribution in [-0.2, 0) is 11.2 Å². The molecule has 0 fully saturated rings. The Balaban J connectivity index is 2.24. The second-order valence-corrected chi connectivity index (χ2v) is 4.63. The molecule has 0 saturated carbocycles. The Morgan fingerprint density at radius 1 is 1.24 bits per heavy atom. The molecule has 2 aromatic rings. The van der Waals surface area contributed by atoms with E-state index in [-0.39, 0.29) is 5.56 Å². The van der Waals surface area contributed by atoms with Crippen LogP contribution in [0.15, 0.2) is 42.5 Å². The molecule has 21 heavy (non-hydrogen) atoms. The molecule has 0 bridgehead atoms. The Hall–Kier alpha value is -2.53. The largest absolute Gasteiger partial charge is 0.478 e. The summed E-state index contributed by atoms with van der Waals surface area (Å²) in [4.78, 5) is 10.9. The molecule has 0 heterocycles. The zero-order valence-corrected chi connectivity index (χ0v) is 11.8.